The van der Waals surface area contributed by atoms with E-state index in [0.717, 1.165) is 32.5 Å². The molecule has 6 nitrogen and oxygen atoms in total. The Morgan fingerprint density at radius 1 is 1.04 bits per heavy atom. The predicted octanol–water partition coefficient (Wildman–Crippen LogP) is 2.74. The molecule has 3 rings (SSSR count). The number of nitrogens with one attached hydrogen (secondary N) is 1. The van der Waals surface area contributed by atoms with Gasteiger partial charge in [0, 0.05) is 24.7 Å². The van der Waals surface area contributed by atoms with Crippen LogP contribution in [-0.2, 0) is 0 Å². The number of hydrogen-bond donors (Lipinski definition) is 1. The minimum atomic E-state index is 0. The van der Waals surface area contributed by atoms with E-state index >= 15 is 0 Å². The second-order valence-electron chi connectivity index (χ2n) is 6.75. The molecular formula is C19H29ClN2O4. The van der Waals surface area contributed by atoms with Crippen molar-refractivity contribution in [1.82, 2.24) is 10.2 Å². The highest BCUT2D eigenvalue weighted by Crippen LogP contribution is 2.38. The highest BCUT2D eigenvalue weighted by atomic mass is 35.5. The van der Waals surface area contributed by atoms with E-state index in [1.165, 1.54) is 12.8 Å². The number of ether oxygens (including phenoxy) is 3. The summed E-state index contributed by atoms with van der Waals surface area (Å²) in [5, 5.41) is 3.59. The van der Waals surface area contributed by atoms with Gasteiger partial charge in [0.2, 0.25) is 5.75 Å². The Labute approximate surface area is 161 Å². The van der Waals surface area contributed by atoms with Crippen molar-refractivity contribution in [3.63, 3.8) is 0 Å². The van der Waals surface area contributed by atoms with Crippen molar-refractivity contribution >= 4 is 18.3 Å². The number of nitrogens with zero attached hydrogens (tertiary/aromatic N) is 1. The summed E-state index contributed by atoms with van der Waals surface area (Å²) < 4.78 is 16.0. The van der Waals surface area contributed by atoms with E-state index in [0.29, 0.717) is 34.8 Å². The van der Waals surface area contributed by atoms with Crippen LogP contribution in [0, 0.1) is 5.92 Å². The third-order valence-corrected chi connectivity index (χ3v) is 5.41. The van der Waals surface area contributed by atoms with Crippen LogP contribution in [-0.4, -0.2) is 57.8 Å². The average Bonchev–Trinajstić information content (AvgIpc) is 3.21. The zero-order valence-corrected chi connectivity index (χ0v) is 16.6. The summed E-state index contributed by atoms with van der Waals surface area (Å²) in [6, 6.07) is 4.10. The molecule has 2 saturated heterocycles. The van der Waals surface area contributed by atoms with Crippen LogP contribution >= 0.6 is 12.4 Å². The lowest BCUT2D eigenvalue weighted by atomic mass is 9.88. The van der Waals surface area contributed by atoms with Crippen molar-refractivity contribution in [3.05, 3.63) is 17.7 Å². The molecule has 0 spiro atoms. The Morgan fingerprint density at radius 2 is 1.65 bits per heavy atom. The fraction of sp³-hybridized carbons (Fsp3) is 0.632. The first-order chi connectivity index (χ1) is 12.2. The SMILES string of the molecule is COc1cc(C(=O)N2CCC(C3CCCN3)CC2)cc(OC)c1OC.Cl. The third-order valence-electron chi connectivity index (χ3n) is 5.41. The van der Waals surface area contributed by atoms with E-state index in [2.05, 4.69) is 5.32 Å². The van der Waals surface area contributed by atoms with Gasteiger partial charge in [0.1, 0.15) is 0 Å². The van der Waals surface area contributed by atoms with Crippen molar-refractivity contribution in [3.8, 4) is 17.2 Å². The predicted molar refractivity (Wildman–Crippen MR) is 103 cm³/mol. The van der Waals surface area contributed by atoms with Crippen LogP contribution in [0.5, 0.6) is 17.2 Å². The molecule has 2 fully saturated rings. The molecule has 0 aromatic heterocycles. The summed E-state index contributed by atoms with van der Waals surface area (Å²) >= 11 is 0. The van der Waals surface area contributed by atoms with Gasteiger partial charge in [-0.3, -0.25) is 4.79 Å². The van der Waals surface area contributed by atoms with Gasteiger partial charge in [0.25, 0.3) is 5.91 Å². The molecule has 0 saturated carbocycles. The standard InChI is InChI=1S/C19H28N2O4.ClH/c1-23-16-11-14(12-17(24-2)18(16)25-3)19(22)21-9-6-13(7-10-21)15-5-4-8-20-15;/h11-13,15,20H,4-10H2,1-3H3;1H. The highest BCUT2D eigenvalue weighted by Gasteiger charge is 2.30. The van der Waals surface area contributed by atoms with Gasteiger partial charge < -0.3 is 24.4 Å². The van der Waals surface area contributed by atoms with Gasteiger partial charge in [0.05, 0.1) is 21.3 Å². The van der Waals surface area contributed by atoms with Gasteiger partial charge in [-0.05, 0) is 50.3 Å². The highest BCUT2D eigenvalue weighted by molar-refractivity contribution is 5.95. The normalized spacial score (nSPS) is 20.4. The fourth-order valence-electron chi connectivity index (χ4n) is 4.01. The van der Waals surface area contributed by atoms with Gasteiger partial charge >= 0.3 is 0 Å². The van der Waals surface area contributed by atoms with E-state index in [9.17, 15) is 4.79 Å². The first-order valence-electron chi connectivity index (χ1n) is 9.00. The molecule has 1 aromatic carbocycles. The Balaban J connectivity index is 0.00000243. The Hall–Kier alpha value is -1.66. The summed E-state index contributed by atoms with van der Waals surface area (Å²) in [7, 11) is 4.68. The average molecular weight is 385 g/mol. The Morgan fingerprint density at radius 3 is 2.12 bits per heavy atom. The molecule has 146 valence electrons. The maximum Gasteiger partial charge on any atom is 0.254 e. The summed E-state index contributed by atoms with van der Waals surface area (Å²) in [4.78, 5) is 14.9. The third kappa shape index (κ3) is 4.18. The molecule has 0 aliphatic carbocycles. The van der Waals surface area contributed by atoms with Crippen LogP contribution in [0.2, 0.25) is 0 Å². The zero-order valence-electron chi connectivity index (χ0n) is 15.7. The Kier molecular flexibility index (Phi) is 7.41. The van der Waals surface area contributed by atoms with Crippen molar-refractivity contribution in [2.45, 2.75) is 31.7 Å². The van der Waals surface area contributed by atoms with Crippen LogP contribution in [0.15, 0.2) is 12.1 Å². The molecule has 0 radical (unpaired) electrons. The fourth-order valence-corrected chi connectivity index (χ4v) is 4.01. The van der Waals surface area contributed by atoms with E-state index < -0.39 is 0 Å². The molecule has 2 aliphatic rings. The smallest absolute Gasteiger partial charge is 0.254 e. The zero-order chi connectivity index (χ0) is 17.8. The number of amides is 1. The lowest BCUT2D eigenvalue weighted by molar-refractivity contribution is 0.0673. The molecular weight excluding hydrogens is 356 g/mol. The number of likely N-dealkylation sites (tertiary alicyclic amines) is 1. The van der Waals surface area contributed by atoms with Gasteiger partial charge in [-0.1, -0.05) is 0 Å². The number of methoxy groups -OCH3 is 3. The summed E-state index contributed by atoms with van der Waals surface area (Å²) in [5.74, 6) is 2.24. The number of piperidine rings is 1. The van der Waals surface area contributed by atoms with Crippen LogP contribution in [0.3, 0.4) is 0 Å². The molecule has 1 unspecified atom stereocenters. The van der Waals surface area contributed by atoms with E-state index in [-0.39, 0.29) is 18.3 Å². The molecule has 26 heavy (non-hydrogen) atoms. The lowest BCUT2D eigenvalue weighted by Gasteiger charge is -2.35. The molecule has 1 aromatic rings. The van der Waals surface area contributed by atoms with Crippen molar-refractivity contribution in [1.29, 1.82) is 0 Å². The number of carbonyl (C=O) groups is 1. The molecule has 7 heteroatoms. The minimum Gasteiger partial charge on any atom is -0.493 e. The van der Waals surface area contributed by atoms with Gasteiger partial charge in [-0.2, -0.15) is 0 Å². The van der Waals surface area contributed by atoms with Gasteiger partial charge in [0.15, 0.2) is 11.5 Å². The van der Waals surface area contributed by atoms with Crippen LogP contribution in [0.4, 0.5) is 0 Å². The maximum absolute atomic E-state index is 12.9. The van der Waals surface area contributed by atoms with Crippen molar-refractivity contribution < 1.29 is 19.0 Å². The van der Waals surface area contributed by atoms with Crippen LogP contribution in [0.25, 0.3) is 0 Å². The molecule has 1 atom stereocenters. The number of hydrogen-bond acceptors (Lipinski definition) is 5. The molecule has 2 aliphatic heterocycles. The van der Waals surface area contributed by atoms with Crippen molar-refractivity contribution in [2.24, 2.45) is 5.92 Å². The summed E-state index contributed by atoms with van der Waals surface area (Å²) in [6.45, 7) is 2.74. The number of carbonyl (C=O) groups excluding carboxylic acids is 1. The van der Waals surface area contributed by atoms with Gasteiger partial charge in [-0.15, -0.1) is 12.4 Å². The van der Waals surface area contributed by atoms with E-state index in [1.54, 1.807) is 33.5 Å². The number of benzene rings is 1. The first-order valence-corrected chi connectivity index (χ1v) is 9.00. The van der Waals surface area contributed by atoms with Crippen LogP contribution in [0.1, 0.15) is 36.0 Å². The molecule has 0 bridgehead atoms. The molecule has 2 heterocycles. The lowest BCUT2D eigenvalue weighted by Crippen LogP contribution is -2.43. The van der Waals surface area contributed by atoms with Gasteiger partial charge in [-0.25, -0.2) is 0 Å². The maximum atomic E-state index is 12.9. The van der Waals surface area contributed by atoms with Crippen LogP contribution < -0.4 is 19.5 Å². The molecule has 1 N–H and O–H groups in total. The monoisotopic (exact) mass is 384 g/mol. The number of rotatable bonds is 5. The second-order valence-corrected chi connectivity index (χ2v) is 6.75. The number of halogens is 1. The molecule has 1 amide bonds. The van der Waals surface area contributed by atoms with E-state index in [1.807, 2.05) is 4.90 Å². The van der Waals surface area contributed by atoms with E-state index in [4.69, 9.17) is 14.2 Å². The summed E-state index contributed by atoms with van der Waals surface area (Å²) in [5.41, 5.74) is 0.576. The Bertz CT molecular complexity index is 587. The quantitative estimate of drug-likeness (QED) is 0.845. The minimum absolute atomic E-state index is 0. The first kappa shape index (κ1) is 20.6. The largest absolute Gasteiger partial charge is 0.493 e. The second kappa shape index (κ2) is 9.33. The topological polar surface area (TPSA) is 60.0 Å². The van der Waals surface area contributed by atoms with Crippen molar-refractivity contribution in [2.75, 3.05) is 41.0 Å². The summed E-state index contributed by atoms with van der Waals surface area (Å²) in [6.07, 6.45) is 4.67.